The number of aliphatic hydroxyl groups is 2. The quantitative estimate of drug-likeness (QED) is 0.532. The lowest BCUT2D eigenvalue weighted by Gasteiger charge is -2.61. The molecule has 1 spiro atoms. The maximum absolute atomic E-state index is 12.8. The number of carbonyl (C=O) groups is 2. The average Bonchev–Trinajstić information content (AvgIpc) is 3.13. The molecule has 178 valence electrons. The van der Waals surface area contributed by atoms with Crippen molar-refractivity contribution in [1.29, 1.82) is 0 Å². The van der Waals surface area contributed by atoms with E-state index in [9.17, 15) is 19.8 Å². The zero-order chi connectivity index (χ0) is 23.7. The molecular formula is C24H30N2O7. The molecule has 9 heteroatoms. The standard InChI is InChI=1S/C24H30N2O7/c1-12(25)21(28)31-13(2)22(29)32-16-6-7-24(30)17-10-14-4-5-15(11-27)19-18(14)23(24,20(16)33-19)8-9-26(17)3/h4-6,12-13,17,20,27,30H,7-11,25H2,1-3H3/t12-,13-,17+,20-,23-,24+/m0/s1. The highest BCUT2D eigenvalue weighted by atomic mass is 16.6. The van der Waals surface area contributed by atoms with Crippen molar-refractivity contribution in [3.05, 3.63) is 40.7 Å². The lowest BCUT2D eigenvalue weighted by Crippen LogP contribution is -2.74. The molecule has 5 rings (SSSR count). The molecule has 0 saturated carbocycles. The molecule has 6 atom stereocenters. The number of piperidine rings is 1. The van der Waals surface area contributed by atoms with Crippen molar-refractivity contribution in [2.75, 3.05) is 13.6 Å². The number of likely N-dealkylation sites (tertiary alicyclic amines) is 1. The van der Waals surface area contributed by atoms with Crippen molar-refractivity contribution in [3.8, 4) is 5.75 Å². The normalized spacial score (nSPS) is 33.3. The molecule has 4 N–H and O–H groups in total. The van der Waals surface area contributed by atoms with Gasteiger partial charge in [0, 0.05) is 23.6 Å². The molecule has 0 amide bonds. The first-order valence-electron chi connectivity index (χ1n) is 11.4. The van der Waals surface area contributed by atoms with Gasteiger partial charge in [0.25, 0.3) is 0 Å². The summed E-state index contributed by atoms with van der Waals surface area (Å²) in [5.74, 6) is -0.567. The van der Waals surface area contributed by atoms with Gasteiger partial charge in [-0.2, -0.15) is 0 Å². The van der Waals surface area contributed by atoms with Crippen LogP contribution in [0.1, 0.15) is 43.4 Å². The summed E-state index contributed by atoms with van der Waals surface area (Å²) in [5, 5.41) is 22.1. The van der Waals surface area contributed by atoms with E-state index in [1.165, 1.54) is 13.8 Å². The Hall–Kier alpha value is -2.46. The molecule has 2 aliphatic carbocycles. The number of ether oxygens (including phenoxy) is 3. The van der Waals surface area contributed by atoms with Gasteiger partial charge >= 0.3 is 11.9 Å². The van der Waals surface area contributed by atoms with Crippen molar-refractivity contribution in [2.45, 2.75) is 75.0 Å². The van der Waals surface area contributed by atoms with Crippen LogP contribution in [-0.4, -0.2) is 70.5 Å². The van der Waals surface area contributed by atoms with Crippen molar-refractivity contribution < 1.29 is 34.0 Å². The predicted octanol–water partition coefficient (Wildman–Crippen LogP) is 0.279. The summed E-state index contributed by atoms with van der Waals surface area (Å²) in [6, 6.07) is 2.88. The molecule has 2 bridgehead atoms. The Bertz CT molecular complexity index is 1050. The number of esters is 2. The van der Waals surface area contributed by atoms with Gasteiger partial charge in [-0.05, 0) is 51.9 Å². The molecule has 4 aliphatic rings. The van der Waals surface area contributed by atoms with E-state index in [1.54, 1.807) is 6.08 Å². The predicted molar refractivity (Wildman–Crippen MR) is 116 cm³/mol. The fraction of sp³-hybridized carbons (Fsp3) is 0.583. The highest BCUT2D eigenvalue weighted by Gasteiger charge is 2.71. The van der Waals surface area contributed by atoms with E-state index in [-0.39, 0.29) is 12.6 Å². The minimum Gasteiger partial charge on any atom is -0.481 e. The molecule has 2 aliphatic heterocycles. The summed E-state index contributed by atoms with van der Waals surface area (Å²) in [5.41, 5.74) is 6.25. The number of rotatable bonds is 5. The maximum atomic E-state index is 12.8. The van der Waals surface area contributed by atoms with E-state index < -0.39 is 41.2 Å². The number of benzene rings is 1. The first kappa shape index (κ1) is 22.3. The van der Waals surface area contributed by atoms with Crippen molar-refractivity contribution in [2.24, 2.45) is 5.73 Å². The zero-order valence-electron chi connectivity index (χ0n) is 19.0. The number of nitrogens with two attached hydrogens (primary N) is 1. The van der Waals surface area contributed by atoms with E-state index in [1.807, 2.05) is 19.2 Å². The summed E-state index contributed by atoms with van der Waals surface area (Å²) in [4.78, 5) is 26.8. The monoisotopic (exact) mass is 458 g/mol. The summed E-state index contributed by atoms with van der Waals surface area (Å²) >= 11 is 0. The lowest BCUT2D eigenvalue weighted by molar-refractivity contribution is -0.175. The number of hydrogen-bond acceptors (Lipinski definition) is 9. The average molecular weight is 459 g/mol. The largest absolute Gasteiger partial charge is 0.481 e. The third kappa shape index (κ3) is 2.92. The van der Waals surface area contributed by atoms with Crippen molar-refractivity contribution in [1.82, 2.24) is 4.90 Å². The molecule has 1 fully saturated rings. The van der Waals surface area contributed by atoms with Gasteiger partial charge in [-0.25, -0.2) is 4.79 Å². The third-order valence-electron chi connectivity index (χ3n) is 7.84. The van der Waals surface area contributed by atoms with Crippen LogP contribution in [-0.2, 0) is 37.5 Å². The van der Waals surface area contributed by atoms with E-state index in [0.29, 0.717) is 36.3 Å². The fourth-order valence-electron chi connectivity index (χ4n) is 6.16. The van der Waals surface area contributed by atoms with Gasteiger partial charge in [0.1, 0.15) is 17.6 Å². The fourth-order valence-corrected chi connectivity index (χ4v) is 6.16. The summed E-state index contributed by atoms with van der Waals surface area (Å²) in [7, 11) is 2.02. The Morgan fingerprint density at radius 3 is 2.79 bits per heavy atom. The Morgan fingerprint density at radius 2 is 2.09 bits per heavy atom. The van der Waals surface area contributed by atoms with Crippen LogP contribution in [0.3, 0.4) is 0 Å². The van der Waals surface area contributed by atoms with Crippen LogP contribution in [0, 0.1) is 0 Å². The van der Waals surface area contributed by atoms with Crippen LogP contribution < -0.4 is 10.5 Å². The smallest absolute Gasteiger partial charge is 0.352 e. The second-order valence-corrected chi connectivity index (χ2v) is 9.69. The topological polar surface area (TPSA) is 132 Å². The van der Waals surface area contributed by atoms with E-state index in [0.717, 1.165) is 17.7 Å². The van der Waals surface area contributed by atoms with Crippen molar-refractivity contribution >= 4 is 11.9 Å². The van der Waals surface area contributed by atoms with Crippen LogP contribution >= 0.6 is 0 Å². The van der Waals surface area contributed by atoms with E-state index in [4.69, 9.17) is 19.9 Å². The summed E-state index contributed by atoms with van der Waals surface area (Å²) in [6.07, 6.45) is 1.41. The second kappa shape index (κ2) is 7.53. The van der Waals surface area contributed by atoms with Gasteiger partial charge in [-0.3, -0.25) is 4.79 Å². The molecule has 1 aromatic carbocycles. The number of likely N-dealkylation sites (N-methyl/N-ethyl adjacent to an activating group) is 1. The van der Waals surface area contributed by atoms with Crippen molar-refractivity contribution in [3.63, 3.8) is 0 Å². The molecule has 1 saturated heterocycles. The number of carbonyl (C=O) groups excluding carboxylic acids is 2. The van der Waals surface area contributed by atoms with Crippen LogP contribution in [0.25, 0.3) is 0 Å². The van der Waals surface area contributed by atoms with E-state index in [2.05, 4.69) is 4.90 Å². The SMILES string of the molecule is C[C@H](N)C(=O)O[C@@H](C)C(=O)OC1=CC[C@@]2(O)[C@H]3Cc4ccc(CO)c5c4[C@@]2(CCN3C)[C@H]1O5. The number of aliphatic hydroxyl groups excluding tert-OH is 1. The molecule has 0 unspecified atom stereocenters. The molecular weight excluding hydrogens is 428 g/mol. The molecule has 0 radical (unpaired) electrons. The van der Waals surface area contributed by atoms with Gasteiger partial charge in [-0.15, -0.1) is 0 Å². The zero-order valence-corrected chi connectivity index (χ0v) is 19.0. The first-order chi connectivity index (χ1) is 15.6. The third-order valence-corrected chi connectivity index (χ3v) is 7.84. The molecule has 1 aromatic rings. The molecule has 2 heterocycles. The van der Waals surface area contributed by atoms with Crippen LogP contribution in [0.15, 0.2) is 24.0 Å². The van der Waals surface area contributed by atoms with Gasteiger partial charge in [0.15, 0.2) is 12.2 Å². The van der Waals surface area contributed by atoms with Gasteiger partial charge in [0.2, 0.25) is 0 Å². The van der Waals surface area contributed by atoms with Gasteiger partial charge in [0.05, 0.1) is 17.6 Å². The first-order valence-corrected chi connectivity index (χ1v) is 11.4. The summed E-state index contributed by atoms with van der Waals surface area (Å²) < 4.78 is 17.2. The van der Waals surface area contributed by atoms with Gasteiger partial charge in [-0.1, -0.05) is 12.1 Å². The molecule has 0 aromatic heterocycles. The lowest BCUT2D eigenvalue weighted by atomic mass is 9.50. The second-order valence-electron chi connectivity index (χ2n) is 9.69. The Balaban J connectivity index is 1.54. The number of hydrogen-bond donors (Lipinski definition) is 3. The highest BCUT2D eigenvalue weighted by molar-refractivity contribution is 5.82. The van der Waals surface area contributed by atoms with E-state index >= 15 is 0 Å². The highest BCUT2D eigenvalue weighted by Crippen LogP contribution is 2.64. The molecule has 33 heavy (non-hydrogen) atoms. The minimum atomic E-state index is -1.15. The maximum Gasteiger partial charge on any atom is 0.352 e. The summed E-state index contributed by atoms with van der Waals surface area (Å²) in [6.45, 7) is 3.46. The molecule has 9 nitrogen and oxygen atoms in total. The van der Waals surface area contributed by atoms with Gasteiger partial charge < -0.3 is 35.1 Å². The number of nitrogens with zero attached hydrogens (tertiary/aromatic N) is 1. The minimum absolute atomic E-state index is 0.116. The van der Waals surface area contributed by atoms with Crippen LogP contribution in [0.4, 0.5) is 0 Å². The van der Waals surface area contributed by atoms with Crippen LogP contribution in [0.2, 0.25) is 0 Å². The van der Waals surface area contributed by atoms with Crippen LogP contribution in [0.5, 0.6) is 5.75 Å². The Morgan fingerprint density at radius 1 is 1.33 bits per heavy atom. The Labute approximate surface area is 192 Å². The Kier molecular flexibility index (Phi) is 5.09.